The predicted octanol–water partition coefficient (Wildman–Crippen LogP) is 5.25. The lowest BCUT2D eigenvalue weighted by Crippen LogP contribution is -2.46. The lowest BCUT2D eigenvalue weighted by molar-refractivity contribution is -0.142. The second-order valence-electron chi connectivity index (χ2n) is 12.2. The van der Waals surface area contributed by atoms with Crippen molar-refractivity contribution in [1.82, 2.24) is 23.7 Å². The van der Waals surface area contributed by atoms with Gasteiger partial charge in [-0.2, -0.15) is 13.2 Å². The summed E-state index contributed by atoms with van der Waals surface area (Å²) in [7, 11) is -1.17. The molecule has 2 aromatic heterocycles. The van der Waals surface area contributed by atoms with Crippen LogP contribution >= 0.6 is 0 Å². The third-order valence-electron chi connectivity index (χ3n) is 8.62. The average Bonchev–Trinajstić information content (AvgIpc) is 3.74. The number of ketones is 1. The molecule has 0 radical (unpaired) electrons. The van der Waals surface area contributed by atoms with Crippen molar-refractivity contribution in [2.45, 2.75) is 37.9 Å². The fourth-order valence-corrected chi connectivity index (χ4v) is 7.26. The molecule has 5 rings (SSSR count). The fraction of sp³-hybridized carbons (Fsp3) is 0.382. The quantitative estimate of drug-likeness (QED) is 0.203. The fourth-order valence-electron chi connectivity index (χ4n) is 5.96. The first-order valence-electron chi connectivity index (χ1n) is 16.1. The number of hydrogen-bond donors (Lipinski definition) is 1. The van der Waals surface area contributed by atoms with Crippen molar-refractivity contribution in [2.24, 2.45) is 11.8 Å². The first-order valence-corrected chi connectivity index (χ1v) is 17.5. The van der Waals surface area contributed by atoms with Crippen molar-refractivity contribution in [2.75, 3.05) is 45.8 Å². The molecule has 0 bridgehead atoms. The molecule has 4 aromatic rings. The van der Waals surface area contributed by atoms with Crippen LogP contribution in [0.1, 0.15) is 24.5 Å². The van der Waals surface area contributed by atoms with Gasteiger partial charge in [0.05, 0.1) is 25.3 Å². The molecule has 2 aromatic carbocycles. The molecule has 3 amide bonds. The van der Waals surface area contributed by atoms with Crippen LogP contribution in [-0.4, -0.2) is 96.7 Å². The first-order chi connectivity index (χ1) is 24.6. The van der Waals surface area contributed by atoms with E-state index in [2.05, 4.69) is 15.3 Å². The SMILES string of the molecule is CC[C@@H]1CN(C(=O)N(Cc2ccc(OC)c(OC)c2)CC(F)(F)F)C[C@@H]1C(=O)COC(=O)Nc1cnc2c(ccn2S(=O)(=O)c2ccc(C)cc2)n1. The van der Waals surface area contributed by atoms with Crippen LogP contribution in [0.3, 0.4) is 0 Å². The van der Waals surface area contributed by atoms with Crippen LogP contribution in [0, 0.1) is 18.8 Å². The Morgan fingerprint density at radius 1 is 1.02 bits per heavy atom. The number of hydrogen-bond acceptors (Lipinski definition) is 10. The zero-order valence-corrected chi connectivity index (χ0v) is 29.5. The lowest BCUT2D eigenvalue weighted by Gasteiger charge is -2.29. The standard InChI is InChI=1S/C34H37F3N6O8S/c1-5-23-17-41(33(46)42(20-34(35,36)37)16-22-8-11-28(49-3)29(14-22)50-4)18-25(23)27(44)19-51-32(45)40-30-15-38-31-26(39-30)12-13-43(31)52(47,48)24-9-6-21(2)7-10-24/h6-15,23,25H,5,16-20H2,1-4H3,(H,39,40,45)/t23-,25+/m1/s1. The van der Waals surface area contributed by atoms with Crippen molar-refractivity contribution in [3.8, 4) is 11.5 Å². The molecule has 0 saturated carbocycles. The van der Waals surface area contributed by atoms with Crippen LogP contribution in [0.15, 0.2) is 65.8 Å². The Morgan fingerprint density at radius 3 is 2.38 bits per heavy atom. The average molecular weight is 747 g/mol. The number of ether oxygens (including phenoxy) is 3. The summed E-state index contributed by atoms with van der Waals surface area (Å²) in [6.45, 7) is 0.927. The van der Waals surface area contributed by atoms with Gasteiger partial charge in [-0.05, 0) is 48.7 Å². The number of anilines is 1. The number of nitrogens with one attached hydrogen (secondary N) is 1. The number of urea groups is 1. The van der Waals surface area contributed by atoms with E-state index in [1.807, 2.05) is 6.92 Å². The van der Waals surface area contributed by atoms with Gasteiger partial charge >= 0.3 is 18.3 Å². The van der Waals surface area contributed by atoms with Crippen LogP contribution in [0.4, 0.5) is 28.6 Å². The zero-order valence-electron chi connectivity index (χ0n) is 28.7. The Balaban J connectivity index is 1.21. The highest BCUT2D eigenvalue weighted by Gasteiger charge is 2.42. The molecule has 1 saturated heterocycles. The summed E-state index contributed by atoms with van der Waals surface area (Å²) >= 11 is 0. The number of likely N-dealkylation sites (tertiary alicyclic amines) is 1. The number of rotatable bonds is 12. The molecule has 278 valence electrons. The lowest BCUT2D eigenvalue weighted by atomic mass is 9.90. The summed E-state index contributed by atoms with van der Waals surface area (Å²) in [5.41, 5.74) is 1.46. The third kappa shape index (κ3) is 8.55. The number of aromatic nitrogens is 3. The summed E-state index contributed by atoms with van der Waals surface area (Å²) in [5.74, 6) is -1.10. The van der Waals surface area contributed by atoms with Crippen molar-refractivity contribution in [3.05, 3.63) is 72.1 Å². The van der Waals surface area contributed by atoms with Crippen LogP contribution in [0.2, 0.25) is 0 Å². The minimum Gasteiger partial charge on any atom is -0.493 e. The number of Topliss-reactive ketones (excluding diaryl/α,β-unsaturated/α-hetero) is 1. The monoisotopic (exact) mass is 746 g/mol. The Labute approximate surface area is 297 Å². The molecule has 1 aliphatic rings. The van der Waals surface area contributed by atoms with Gasteiger partial charge in [-0.25, -0.2) is 31.9 Å². The zero-order chi connectivity index (χ0) is 37.8. The van der Waals surface area contributed by atoms with Gasteiger partial charge in [0.1, 0.15) is 12.1 Å². The first kappa shape index (κ1) is 37.9. The molecule has 1 fully saturated rings. The molecule has 1 aliphatic heterocycles. The topological polar surface area (TPSA) is 162 Å². The molecule has 52 heavy (non-hydrogen) atoms. The number of carbonyl (C=O) groups is 3. The maximum Gasteiger partial charge on any atom is 0.413 e. The largest absolute Gasteiger partial charge is 0.493 e. The molecular weight excluding hydrogens is 709 g/mol. The van der Waals surface area contributed by atoms with E-state index < -0.39 is 53.2 Å². The van der Waals surface area contributed by atoms with Crippen molar-refractivity contribution < 1.29 is 50.2 Å². The Hall–Kier alpha value is -5.39. The van der Waals surface area contributed by atoms with Gasteiger partial charge in [0.2, 0.25) is 0 Å². The van der Waals surface area contributed by atoms with E-state index in [0.717, 1.165) is 15.7 Å². The molecule has 14 nitrogen and oxygen atoms in total. The molecule has 2 atom stereocenters. The summed E-state index contributed by atoms with van der Waals surface area (Å²) < 4.78 is 83.6. The second kappa shape index (κ2) is 15.5. The highest BCUT2D eigenvalue weighted by atomic mass is 32.2. The van der Waals surface area contributed by atoms with E-state index in [4.69, 9.17) is 14.2 Å². The van der Waals surface area contributed by atoms with Gasteiger partial charge < -0.3 is 24.0 Å². The Bertz CT molecular complexity index is 2060. The van der Waals surface area contributed by atoms with E-state index >= 15 is 0 Å². The number of fused-ring (bicyclic) bond motifs is 1. The minimum absolute atomic E-state index is 0.0261. The van der Waals surface area contributed by atoms with Crippen LogP contribution < -0.4 is 14.8 Å². The number of aryl methyl sites for hydroxylation is 1. The van der Waals surface area contributed by atoms with Gasteiger partial charge in [-0.15, -0.1) is 0 Å². The maximum absolute atomic E-state index is 13.6. The maximum atomic E-state index is 13.6. The van der Waals surface area contributed by atoms with Gasteiger partial charge in [0.25, 0.3) is 10.0 Å². The van der Waals surface area contributed by atoms with Crippen molar-refractivity contribution in [3.63, 3.8) is 0 Å². The molecular formula is C34H37F3N6O8S. The number of nitrogens with zero attached hydrogens (tertiary/aromatic N) is 5. The summed E-state index contributed by atoms with van der Waals surface area (Å²) in [4.78, 5) is 49.6. The number of benzene rings is 2. The molecule has 0 aliphatic carbocycles. The number of amides is 3. The smallest absolute Gasteiger partial charge is 0.413 e. The Kier molecular flexibility index (Phi) is 11.3. The summed E-state index contributed by atoms with van der Waals surface area (Å²) in [5, 5.41) is 2.35. The van der Waals surface area contributed by atoms with Crippen LogP contribution in [0.25, 0.3) is 11.2 Å². The molecule has 0 spiro atoms. The normalized spacial score (nSPS) is 16.1. The number of methoxy groups -OCH3 is 2. The highest BCUT2D eigenvalue weighted by molar-refractivity contribution is 7.90. The summed E-state index contributed by atoms with van der Waals surface area (Å²) in [6, 6.07) is 11.4. The van der Waals surface area contributed by atoms with E-state index in [1.54, 1.807) is 19.1 Å². The van der Waals surface area contributed by atoms with Crippen LogP contribution in [0.5, 0.6) is 11.5 Å². The van der Waals surface area contributed by atoms with Crippen LogP contribution in [-0.2, 0) is 26.1 Å². The highest BCUT2D eigenvalue weighted by Crippen LogP contribution is 2.31. The van der Waals surface area contributed by atoms with E-state index in [-0.39, 0.29) is 53.2 Å². The van der Waals surface area contributed by atoms with E-state index in [1.165, 1.54) is 61.7 Å². The molecule has 18 heteroatoms. The summed E-state index contributed by atoms with van der Waals surface area (Å²) in [6.07, 6.45) is -2.87. The number of halogens is 3. The van der Waals surface area contributed by atoms with Gasteiger partial charge in [0.15, 0.2) is 35.4 Å². The Morgan fingerprint density at radius 2 is 1.73 bits per heavy atom. The molecule has 0 unspecified atom stereocenters. The van der Waals surface area contributed by atoms with Gasteiger partial charge in [0, 0.05) is 31.7 Å². The molecule has 1 N–H and O–H groups in total. The number of carbonyl (C=O) groups excluding carboxylic acids is 3. The third-order valence-corrected chi connectivity index (χ3v) is 10.3. The van der Waals surface area contributed by atoms with Crippen molar-refractivity contribution >= 4 is 44.9 Å². The molecule has 3 heterocycles. The van der Waals surface area contributed by atoms with Crippen molar-refractivity contribution in [1.29, 1.82) is 0 Å². The predicted molar refractivity (Wildman–Crippen MR) is 182 cm³/mol. The van der Waals surface area contributed by atoms with Gasteiger partial charge in [-0.1, -0.05) is 37.1 Å². The number of alkyl halides is 3. The van der Waals surface area contributed by atoms with Gasteiger partial charge in [-0.3, -0.25) is 10.1 Å². The second-order valence-corrected chi connectivity index (χ2v) is 14.0. The minimum atomic E-state index is -4.69. The van der Waals surface area contributed by atoms with E-state index in [9.17, 15) is 36.0 Å². The van der Waals surface area contributed by atoms with E-state index in [0.29, 0.717) is 22.6 Å².